The van der Waals surface area contributed by atoms with Gasteiger partial charge in [-0.15, -0.1) is 0 Å². The quantitative estimate of drug-likeness (QED) is 0.450. The number of likely N-dealkylation sites (tertiary alicyclic amines) is 1. The van der Waals surface area contributed by atoms with Gasteiger partial charge < -0.3 is 20.2 Å². The smallest absolute Gasteiger partial charge is 0.380 e. The number of benzene rings is 1. The first-order valence-electron chi connectivity index (χ1n) is 13.4. The molecule has 0 bridgehead atoms. The molecular formula is C26H30F3N7O2. The zero-order chi connectivity index (χ0) is 26.3. The summed E-state index contributed by atoms with van der Waals surface area (Å²) in [4.78, 5) is 17.0. The van der Waals surface area contributed by atoms with Gasteiger partial charge in [0, 0.05) is 49.0 Å². The maximum atomic E-state index is 13.5. The molecule has 1 aromatic carbocycles. The first-order valence-corrected chi connectivity index (χ1v) is 13.4. The van der Waals surface area contributed by atoms with Crippen LogP contribution in [0.4, 0.5) is 29.5 Å². The highest BCUT2D eigenvalue weighted by atomic mass is 19.4. The third kappa shape index (κ3) is 3.59. The number of H-pyrrole nitrogens is 1. The Labute approximate surface area is 217 Å². The van der Waals surface area contributed by atoms with Crippen LogP contribution in [0.3, 0.4) is 0 Å². The van der Waals surface area contributed by atoms with Gasteiger partial charge in [0.1, 0.15) is 0 Å². The average Bonchev–Trinajstić information content (AvgIpc) is 3.23. The highest BCUT2D eigenvalue weighted by Gasteiger charge is 2.65. The van der Waals surface area contributed by atoms with E-state index in [4.69, 9.17) is 5.10 Å². The summed E-state index contributed by atoms with van der Waals surface area (Å²) in [5.41, 5.74) is -0.750. The lowest BCUT2D eigenvalue weighted by atomic mass is 9.84. The Morgan fingerprint density at radius 1 is 1.13 bits per heavy atom. The van der Waals surface area contributed by atoms with E-state index in [-0.39, 0.29) is 6.54 Å². The number of hydrogen-bond donors (Lipinski definition) is 3. The molecule has 2 saturated carbocycles. The molecule has 2 amide bonds. The molecule has 1 atom stereocenters. The number of piperidine rings is 1. The third-order valence-corrected chi connectivity index (χ3v) is 8.98. The fourth-order valence-corrected chi connectivity index (χ4v) is 6.14. The minimum Gasteiger partial charge on any atom is -0.380 e. The molecule has 4 heterocycles. The molecule has 12 heteroatoms. The van der Waals surface area contributed by atoms with Gasteiger partial charge in [0.15, 0.2) is 11.4 Å². The molecule has 2 aliphatic carbocycles. The number of nitrogens with one attached hydrogen (secondary N) is 2. The van der Waals surface area contributed by atoms with Crippen molar-refractivity contribution in [2.75, 3.05) is 29.9 Å². The highest BCUT2D eigenvalue weighted by Crippen LogP contribution is 2.55. The van der Waals surface area contributed by atoms with Crippen LogP contribution in [-0.2, 0) is 0 Å². The van der Waals surface area contributed by atoms with Gasteiger partial charge in [-0.3, -0.25) is 9.78 Å². The Bertz CT molecular complexity index is 1400. The van der Waals surface area contributed by atoms with Crippen molar-refractivity contribution in [2.45, 2.75) is 74.7 Å². The summed E-state index contributed by atoms with van der Waals surface area (Å²) in [6, 6.07) is 6.02. The number of aromatic nitrogens is 4. The maximum Gasteiger partial charge on any atom is 0.417 e. The molecule has 3 aromatic rings. The molecule has 2 aliphatic heterocycles. The van der Waals surface area contributed by atoms with E-state index in [0.717, 1.165) is 48.2 Å². The van der Waals surface area contributed by atoms with Gasteiger partial charge in [-0.1, -0.05) is 6.07 Å². The van der Waals surface area contributed by atoms with Crippen molar-refractivity contribution >= 4 is 28.4 Å². The number of nitrogens with zero attached hydrogens (tertiary/aromatic N) is 5. The van der Waals surface area contributed by atoms with Crippen molar-refractivity contribution in [3.63, 3.8) is 0 Å². The minimum atomic E-state index is -4.72. The number of aliphatic hydroxyl groups is 1. The van der Waals surface area contributed by atoms with Crippen molar-refractivity contribution in [3.8, 4) is 11.3 Å². The second-order valence-corrected chi connectivity index (χ2v) is 11.3. The Morgan fingerprint density at radius 3 is 2.55 bits per heavy atom. The molecule has 4 aliphatic rings. The van der Waals surface area contributed by atoms with E-state index < -0.39 is 36.2 Å². The Balaban J connectivity index is 1.16. The number of urea groups is 1. The summed E-state index contributed by atoms with van der Waals surface area (Å²) >= 11 is 0. The number of aromatic amines is 1. The predicted octanol–water partition coefficient (Wildman–Crippen LogP) is 4.82. The van der Waals surface area contributed by atoms with Crippen LogP contribution in [0.15, 0.2) is 24.4 Å². The zero-order valence-corrected chi connectivity index (χ0v) is 20.9. The summed E-state index contributed by atoms with van der Waals surface area (Å²) in [6.45, 7) is 1.85. The maximum absolute atomic E-state index is 13.5. The van der Waals surface area contributed by atoms with Crippen LogP contribution in [0.25, 0.3) is 22.2 Å². The van der Waals surface area contributed by atoms with Crippen molar-refractivity contribution in [1.29, 1.82) is 0 Å². The summed E-state index contributed by atoms with van der Waals surface area (Å²) in [7, 11) is 0. The average molecular weight is 530 g/mol. The Morgan fingerprint density at radius 2 is 1.92 bits per heavy atom. The number of amides is 2. The SMILES string of the molecule is O=C(Nc1cn[nH]c1-c1ccc2c(N3CCC3)nn(C3CCC3)c2c1)N1CC[C@](O)(C(F)(F)F)CC12CC2. The second-order valence-electron chi connectivity index (χ2n) is 11.3. The largest absolute Gasteiger partial charge is 0.417 e. The lowest BCUT2D eigenvalue weighted by molar-refractivity contribution is -0.277. The van der Waals surface area contributed by atoms with Gasteiger partial charge in [0.25, 0.3) is 0 Å². The minimum absolute atomic E-state index is 0.166. The predicted molar refractivity (Wildman–Crippen MR) is 135 cm³/mol. The standard InChI is InChI=1S/C26H30F3N7O2/c27-26(28,29)25(38)9-12-35(24(15-25)7-8-24)23(37)31-19-14-30-32-21(19)16-5-6-18-20(13-16)36(17-3-1-4-17)33-22(18)34-10-2-11-34/h5-6,13-14,17,38H,1-4,7-12,15H2,(H,30,32)(H,31,37)/t25-/m1/s1. The number of fused-ring (bicyclic) bond motifs is 1. The summed E-state index contributed by atoms with van der Waals surface area (Å²) in [5.74, 6) is 1.02. The van der Waals surface area contributed by atoms with E-state index in [1.165, 1.54) is 23.9 Å². The van der Waals surface area contributed by atoms with Crippen molar-refractivity contribution in [2.24, 2.45) is 0 Å². The van der Waals surface area contributed by atoms with Gasteiger partial charge in [-0.2, -0.15) is 23.4 Å². The van der Waals surface area contributed by atoms with Crippen LogP contribution in [0, 0.1) is 0 Å². The third-order valence-electron chi connectivity index (χ3n) is 8.98. The molecule has 7 rings (SSSR count). The van der Waals surface area contributed by atoms with E-state index in [1.54, 1.807) is 0 Å². The Kier molecular flexibility index (Phi) is 5.08. The van der Waals surface area contributed by atoms with Crippen molar-refractivity contribution in [3.05, 3.63) is 24.4 Å². The van der Waals surface area contributed by atoms with E-state index in [0.29, 0.717) is 30.3 Å². The van der Waals surface area contributed by atoms with E-state index in [2.05, 4.69) is 37.2 Å². The number of alkyl halides is 3. The first-order chi connectivity index (χ1) is 18.2. The number of carbonyl (C=O) groups excluding carboxylic acids is 1. The van der Waals surface area contributed by atoms with E-state index >= 15 is 0 Å². The van der Waals surface area contributed by atoms with Gasteiger partial charge in [-0.05, 0) is 50.7 Å². The first kappa shape index (κ1) is 23.8. The molecule has 2 saturated heterocycles. The van der Waals surface area contributed by atoms with E-state index in [1.807, 2.05) is 6.07 Å². The highest BCUT2D eigenvalue weighted by molar-refractivity contribution is 5.97. The molecule has 0 unspecified atom stereocenters. The monoisotopic (exact) mass is 529 g/mol. The summed E-state index contributed by atoms with van der Waals surface area (Å²) in [6.07, 6.45) is 1.23. The molecule has 9 nitrogen and oxygen atoms in total. The number of rotatable bonds is 4. The van der Waals surface area contributed by atoms with Gasteiger partial charge in [0.2, 0.25) is 0 Å². The van der Waals surface area contributed by atoms with Crippen LogP contribution in [0.2, 0.25) is 0 Å². The number of carbonyl (C=O) groups is 1. The molecule has 4 fully saturated rings. The second kappa shape index (κ2) is 8.11. The summed E-state index contributed by atoms with van der Waals surface area (Å²) < 4.78 is 42.5. The lowest BCUT2D eigenvalue weighted by Crippen LogP contribution is -2.60. The van der Waals surface area contributed by atoms with E-state index in [9.17, 15) is 23.1 Å². The zero-order valence-electron chi connectivity index (χ0n) is 20.9. The topological polar surface area (TPSA) is 102 Å². The van der Waals surface area contributed by atoms with Gasteiger partial charge in [-0.25, -0.2) is 4.79 Å². The fourth-order valence-electron chi connectivity index (χ4n) is 6.14. The summed E-state index contributed by atoms with van der Waals surface area (Å²) in [5, 5.41) is 26.3. The van der Waals surface area contributed by atoms with Gasteiger partial charge in [0.05, 0.1) is 29.1 Å². The molecule has 38 heavy (non-hydrogen) atoms. The normalized spacial score (nSPS) is 24.9. The van der Waals surface area contributed by atoms with Crippen LogP contribution >= 0.6 is 0 Å². The molecule has 2 aromatic heterocycles. The van der Waals surface area contributed by atoms with Crippen LogP contribution in [-0.4, -0.2) is 73.0 Å². The molecule has 1 spiro atoms. The van der Waals surface area contributed by atoms with Crippen LogP contribution in [0.1, 0.15) is 57.4 Å². The van der Waals surface area contributed by atoms with Gasteiger partial charge >= 0.3 is 12.2 Å². The van der Waals surface area contributed by atoms with Crippen LogP contribution < -0.4 is 10.2 Å². The molecule has 3 N–H and O–H groups in total. The molecular weight excluding hydrogens is 499 g/mol. The molecule has 202 valence electrons. The number of halogens is 3. The lowest BCUT2D eigenvalue weighted by Gasteiger charge is -2.45. The number of anilines is 2. The van der Waals surface area contributed by atoms with Crippen molar-refractivity contribution in [1.82, 2.24) is 24.9 Å². The van der Waals surface area contributed by atoms with Crippen LogP contribution in [0.5, 0.6) is 0 Å². The fraction of sp³-hybridized carbons (Fsp3) is 0.577. The Hall–Kier alpha value is -3.28. The van der Waals surface area contributed by atoms with Crippen molar-refractivity contribution < 1.29 is 23.1 Å². The number of hydrogen-bond acceptors (Lipinski definition) is 5. The molecule has 0 radical (unpaired) electrons.